The lowest BCUT2D eigenvalue weighted by molar-refractivity contribution is 0.0642. The first-order valence-corrected chi connectivity index (χ1v) is 11.1. The molecule has 1 heterocycles. The van der Waals surface area contributed by atoms with Gasteiger partial charge in [-0.1, -0.05) is 18.2 Å². The number of hydrogen-bond acceptors (Lipinski definition) is 5. The lowest BCUT2D eigenvalue weighted by atomic mass is 10.1. The quantitative estimate of drug-likeness (QED) is 0.613. The van der Waals surface area contributed by atoms with Gasteiger partial charge in [-0.3, -0.25) is 24.2 Å². The maximum atomic E-state index is 13.0. The molecule has 0 spiro atoms. The minimum Gasteiger partial charge on any atom is -0.493 e. The van der Waals surface area contributed by atoms with Gasteiger partial charge in [0, 0.05) is 18.6 Å². The normalized spacial score (nSPS) is 16.3. The molecule has 1 atom stereocenters. The zero-order chi connectivity index (χ0) is 22.8. The number of hydrogen-bond donors (Lipinski definition) is 1. The van der Waals surface area contributed by atoms with Crippen LogP contribution in [-0.4, -0.2) is 59.8 Å². The van der Waals surface area contributed by atoms with Crippen LogP contribution in [0.2, 0.25) is 0 Å². The predicted molar refractivity (Wildman–Crippen MR) is 121 cm³/mol. The van der Waals surface area contributed by atoms with Crippen LogP contribution in [-0.2, 0) is 6.54 Å². The van der Waals surface area contributed by atoms with Gasteiger partial charge in [-0.05, 0) is 63.6 Å². The van der Waals surface area contributed by atoms with Gasteiger partial charge in [0.2, 0.25) is 0 Å². The van der Waals surface area contributed by atoms with Crippen molar-refractivity contribution in [3.8, 4) is 5.75 Å². The first-order chi connectivity index (χ1) is 15.4. The lowest BCUT2D eigenvalue weighted by Crippen LogP contribution is -2.41. The standard InChI is InChI=1S/C25H29N3O4/c1-4-32-22-12-9-17(15-28-24(30)19-7-5-6-8-20(19)25(28)31)13-21(22)23(29)26-14-16(2)27(3)18-10-11-18/h5-9,12-13,16,18H,4,10-11,14-15H2,1-3H3,(H,26,29). The van der Waals surface area contributed by atoms with Crippen molar-refractivity contribution < 1.29 is 19.1 Å². The van der Waals surface area contributed by atoms with Crippen LogP contribution in [0.25, 0.3) is 0 Å². The smallest absolute Gasteiger partial charge is 0.261 e. The van der Waals surface area contributed by atoms with Gasteiger partial charge in [-0.2, -0.15) is 0 Å². The zero-order valence-electron chi connectivity index (χ0n) is 18.8. The summed E-state index contributed by atoms with van der Waals surface area (Å²) in [5.41, 5.74) is 1.92. The van der Waals surface area contributed by atoms with Crippen molar-refractivity contribution >= 4 is 17.7 Å². The number of carbonyl (C=O) groups excluding carboxylic acids is 3. The van der Waals surface area contributed by atoms with Crippen LogP contribution >= 0.6 is 0 Å². The third kappa shape index (κ3) is 4.39. The fourth-order valence-corrected chi connectivity index (χ4v) is 4.02. The van der Waals surface area contributed by atoms with E-state index in [1.807, 2.05) is 6.92 Å². The molecule has 0 radical (unpaired) electrons. The Bertz CT molecular complexity index is 1010. The molecule has 168 valence electrons. The van der Waals surface area contributed by atoms with E-state index in [0.717, 1.165) is 0 Å². The fraction of sp³-hybridized carbons (Fsp3) is 0.400. The molecule has 1 unspecified atom stereocenters. The second-order valence-electron chi connectivity index (χ2n) is 8.46. The van der Waals surface area contributed by atoms with Crippen LogP contribution in [0.3, 0.4) is 0 Å². The molecular formula is C25H29N3O4. The first-order valence-electron chi connectivity index (χ1n) is 11.1. The van der Waals surface area contributed by atoms with Gasteiger partial charge in [-0.15, -0.1) is 0 Å². The van der Waals surface area contributed by atoms with Crippen LogP contribution in [0.1, 0.15) is 63.3 Å². The summed E-state index contributed by atoms with van der Waals surface area (Å²) in [4.78, 5) is 41.9. The van der Waals surface area contributed by atoms with Crippen LogP contribution in [0.15, 0.2) is 42.5 Å². The van der Waals surface area contributed by atoms with E-state index in [9.17, 15) is 14.4 Å². The van der Waals surface area contributed by atoms with Gasteiger partial charge in [-0.25, -0.2) is 0 Å². The van der Waals surface area contributed by atoms with E-state index >= 15 is 0 Å². The number of rotatable bonds is 9. The molecule has 2 aliphatic rings. The van der Waals surface area contributed by atoms with Gasteiger partial charge in [0.15, 0.2) is 0 Å². The zero-order valence-corrected chi connectivity index (χ0v) is 18.8. The van der Waals surface area contributed by atoms with Crippen molar-refractivity contribution in [1.82, 2.24) is 15.1 Å². The molecule has 0 bridgehead atoms. The molecule has 4 rings (SSSR count). The first kappa shape index (κ1) is 22.0. The Morgan fingerprint density at radius 1 is 1.16 bits per heavy atom. The van der Waals surface area contributed by atoms with E-state index in [-0.39, 0.29) is 30.3 Å². The van der Waals surface area contributed by atoms with Gasteiger partial charge in [0.25, 0.3) is 17.7 Å². The number of ether oxygens (including phenoxy) is 1. The summed E-state index contributed by atoms with van der Waals surface area (Å²) >= 11 is 0. The Morgan fingerprint density at radius 3 is 2.41 bits per heavy atom. The monoisotopic (exact) mass is 435 g/mol. The number of amides is 3. The van der Waals surface area contributed by atoms with E-state index in [1.165, 1.54) is 17.7 Å². The van der Waals surface area contributed by atoms with Gasteiger partial charge < -0.3 is 10.1 Å². The summed E-state index contributed by atoms with van der Waals surface area (Å²) in [6, 6.07) is 12.9. The number of benzene rings is 2. The molecule has 7 nitrogen and oxygen atoms in total. The van der Waals surface area contributed by atoms with Crippen LogP contribution in [0.5, 0.6) is 5.75 Å². The third-order valence-electron chi connectivity index (χ3n) is 6.18. The van der Waals surface area contributed by atoms with Crippen molar-refractivity contribution in [2.75, 3.05) is 20.2 Å². The predicted octanol–water partition coefficient (Wildman–Crippen LogP) is 3.09. The third-order valence-corrected chi connectivity index (χ3v) is 6.18. The maximum absolute atomic E-state index is 13.0. The average Bonchev–Trinajstić information content (AvgIpc) is 3.62. The lowest BCUT2D eigenvalue weighted by Gasteiger charge is -2.25. The maximum Gasteiger partial charge on any atom is 0.261 e. The van der Waals surface area contributed by atoms with Gasteiger partial charge in [0.05, 0.1) is 29.8 Å². The summed E-state index contributed by atoms with van der Waals surface area (Å²) in [6.45, 7) is 5.01. The Labute approximate surface area is 188 Å². The number of imide groups is 1. The van der Waals surface area contributed by atoms with Crippen LogP contribution in [0, 0.1) is 0 Å². The Kier molecular flexibility index (Phi) is 6.28. The van der Waals surface area contributed by atoms with Crippen LogP contribution < -0.4 is 10.1 Å². The Balaban J connectivity index is 1.50. The van der Waals surface area contributed by atoms with E-state index in [2.05, 4.69) is 24.2 Å². The molecule has 1 saturated carbocycles. The molecule has 1 fully saturated rings. The summed E-state index contributed by atoms with van der Waals surface area (Å²) in [6.07, 6.45) is 2.42. The molecule has 32 heavy (non-hydrogen) atoms. The van der Waals surface area contributed by atoms with Gasteiger partial charge in [0.1, 0.15) is 5.75 Å². The molecule has 2 aromatic rings. The molecule has 0 aromatic heterocycles. The topological polar surface area (TPSA) is 78.9 Å². The Hall–Kier alpha value is -3.19. The summed E-state index contributed by atoms with van der Waals surface area (Å²) in [5, 5.41) is 3.01. The highest BCUT2D eigenvalue weighted by molar-refractivity contribution is 6.21. The molecule has 1 N–H and O–H groups in total. The molecule has 1 aliphatic carbocycles. The fourth-order valence-electron chi connectivity index (χ4n) is 4.02. The number of nitrogens with one attached hydrogen (secondary N) is 1. The van der Waals surface area contributed by atoms with E-state index < -0.39 is 0 Å². The molecule has 0 saturated heterocycles. The summed E-state index contributed by atoms with van der Waals surface area (Å²) in [5.74, 6) is -0.377. The van der Waals surface area contributed by atoms with E-state index in [4.69, 9.17) is 4.74 Å². The van der Waals surface area contributed by atoms with E-state index in [0.29, 0.717) is 47.2 Å². The SMILES string of the molecule is CCOc1ccc(CN2C(=O)c3ccccc3C2=O)cc1C(=O)NCC(C)N(C)C1CC1. The summed E-state index contributed by atoms with van der Waals surface area (Å²) < 4.78 is 5.66. The van der Waals surface area contributed by atoms with Crippen molar-refractivity contribution in [3.63, 3.8) is 0 Å². The number of likely N-dealkylation sites (N-methyl/N-ethyl adjacent to an activating group) is 1. The number of carbonyl (C=O) groups is 3. The second-order valence-corrected chi connectivity index (χ2v) is 8.46. The second kappa shape index (κ2) is 9.12. The van der Waals surface area contributed by atoms with Crippen molar-refractivity contribution in [3.05, 3.63) is 64.7 Å². The van der Waals surface area contributed by atoms with Crippen LogP contribution in [0.4, 0.5) is 0 Å². The van der Waals surface area contributed by atoms with Gasteiger partial charge >= 0.3 is 0 Å². The summed E-state index contributed by atoms with van der Waals surface area (Å²) in [7, 11) is 2.09. The average molecular weight is 436 g/mol. The molecule has 1 aliphatic heterocycles. The number of nitrogens with zero attached hydrogens (tertiary/aromatic N) is 2. The molecule has 7 heteroatoms. The molecule has 3 amide bonds. The highest BCUT2D eigenvalue weighted by Gasteiger charge is 2.35. The molecular weight excluding hydrogens is 406 g/mol. The minimum absolute atomic E-state index is 0.0971. The highest BCUT2D eigenvalue weighted by Crippen LogP contribution is 2.28. The number of fused-ring (bicyclic) bond motifs is 1. The minimum atomic E-state index is -0.317. The molecule has 2 aromatic carbocycles. The van der Waals surface area contributed by atoms with E-state index in [1.54, 1.807) is 42.5 Å². The Morgan fingerprint density at radius 2 is 1.81 bits per heavy atom. The van der Waals surface area contributed by atoms with Crippen molar-refractivity contribution in [2.45, 2.75) is 45.3 Å². The largest absolute Gasteiger partial charge is 0.493 e. The van der Waals surface area contributed by atoms with Crippen molar-refractivity contribution in [1.29, 1.82) is 0 Å². The highest BCUT2D eigenvalue weighted by atomic mass is 16.5. The van der Waals surface area contributed by atoms with Crippen molar-refractivity contribution in [2.24, 2.45) is 0 Å².